The van der Waals surface area contributed by atoms with Crippen molar-refractivity contribution in [1.82, 2.24) is 14.0 Å². The van der Waals surface area contributed by atoms with E-state index in [1.165, 1.54) is 11.6 Å². The fourth-order valence-corrected chi connectivity index (χ4v) is 2.63. The van der Waals surface area contributed by atoms with Crippen molar-refractivity contribution in [3.05, 3.63) is 26.4 Å². The summed E-state index contributed by atoms with van der Waals surface area (Å²) < 4.78 is 7.50. The Hall–Kier alpha value is -1.93. The average molecular weight is 324 g/mol. The number of hydrogen-bond donors (Lipinski definition) is 1. The van der Waals surface area contributed by atoms with E-state index >= 15 is 0 Å². The highest BCUT2D eigenvalue weighted by atomic mass is 16.5. The second kappa shape index (κ2) is 7.10. The van der Waals surface area contributed by atoms with Gasteiger partial charge in [0.25, 0.3) is 5.56 Å². The minimum Gasteiger partial charge on any atom is -0.384 e. The molecule has 0 saturated carbocycles. The summed E-state index contributed by atoms with van der Waals surface area (Å²) in [6, 6.07) is 0. The van der Waals surface area contributed by atoms with Crippen LogP contribution < -0.4 is 17.0 Å². The molecule has 23 heavy (non-hydrogen) atoms. The number of rotatable bonds is 5. The summed E-state index contributed by atoms with van der Waals surface area (Å²) in [4.78, 5) is 39.0. The van der Waals surface area contributed by atoms with E-state index in [2.05, 4.69) is 0 Å². The van der Waals surface area contributed by atoms with Gasteiger partial charge in [-0.2, -0.15) is 0 Å². The molecule has 0 unspecified atom stereocenters. The number of ketones is 1. The molecule has 2 heterocycles. The van der Waals surface area contributed by atoms with Gasteiger partial charge in [0.15, 0.2) is 5.78 Å². The van der Waals surface area contributed by atoms with Gasteiger partial charge in [-0.25, -0.2) is 4.79 Å². The van der Waals surface area contributed by atoms with Gasteiger partial charge in [-0.3, -0.25) is 23.6 Å². The molecule has 1 aromatic heterocycles. The zero-order valence-corrected chi connectivity index (χ0v) is 13.9. The molecule has 0 amide bonds. The maximum Gasteiger partial charge on any atom is 0.332 e. The molecule has 1 aliphatic heterocycles. The van der Waals surface area contributed by atoms with Gasteiger partial charge < -0.3 is 10.5 Å². The fraction of sp³-hybridized carbons (Fsp3) is 0.667. The van der Waals surface area contributed by atoms with Crippen LogP contribution in [0.3, 0.4) is 0 Å². The first-order chi connectivity index (χ1) is 10.8. The number of nitrogens with zero attached hydrogens (tertiary/aromatic N) is 3. The smallest absolute Gasteiger partial charge is 0.332 e. The van der Waals surface area contributed by atoms with Gasteiger partial charge in [-0.05, 0) is 5.92 Å². The van der Waals surface area contributed by atoms with Crippen molar-refractivity contribution in [2.45, 2.75) is 20.4 Å². The van der Waals surface area contributed by atoms with Crippen LogP contribution in [0, 0.1) is 5.92 Å². The Morgan fingerprint density at radius 2 is 1.87 bits per heavy atom. The third-order valence-electron chi connectivity index (χ3n) is 3.88. The van der Waals surface area contributed by atoms with E-state index in [9.17, 15) is 14.4 Å². The molecule has 0 aliphatic carbocycles. The van der Waals surface area contributed by atoms with E-state index in [-0.39, 0.29) is 29.6 Å². The molecule has 0 aromatic carbocycles. The molecule has 1 aromatic rings. The number of carbonyl (C=O) groups excluding carboxylic acids is 1. The molecule has 0 spiro atoms. The van der Waals surface area contributed by atoms with Crippen molar-refractivity contribution in [3.8, 4) is 0 Å². The number of hydrogen-bond acceptors (Lipinski definition) is 6. The Morgan fingerprint density at radius 3 is 2.43 bits per heavy atom. The van der Waals surface area contributed by atoms with Crippen molar-refractivity contribution in [3.63, 3.8) is 0 Å². The van der Waals surface area contributed by atoms with E-state index < -0.39 is 11.2 Å². The van der Waals surface area contributed by atoms with Gasteiger partial charge in [0.2, 0.25) is 0 Å². The summed E-state index contributed by atoms with van der Waals surface area (Å²) in [5.41, 5.74) is 4.77. The van der Waals surface area contributed by atoms with Crippen LogP contribution in [0.4, 0.5) is 5.82 Å². The first kappa shape index (κ1) is 17.4. The topological polar surface area (TPSA) is 99.6 Å². The monoisotopic (exact) mass is 324 g/mol. The summed E-state index contributed by atoms with van der Waals surface area (Å²) in [5, 5.41) is 0. The van der Waals surface area contributed by atoms with Crippen molar-refractivity contribution in [2.24, 2.45) is 13.0 Å². The van der Waals surface area contributed by atoms with Crippen molar-refractivity contribution < 1.29 is 9.53 Å². The highest BCUT2D eigenvalue weighted by molar-refractivity contribution is 6.01. The Kier molecular flexibility index (Phi) is 5.38. The van der Waals surface area contributed by atoms with E-state index in [0.29, 0.717) is 32.8 Å². The second-order valence-electron chi connectivity index (χ2n) is 6.22. The SMILES string of the molecule is CC(C)Cn1c(N)c(C(=O)CN2CCOCC2)c(=O)n(C)c1=O. The lowest BCUT2D eigenvalue weighted by molar-refractivity contribution is 0.0371. The molecule has 0 radical (unpaired) electrons. The Labute approximate surface area is 134 Å². The minimum atomic E-state index is -0.634. The minimum absolute atomic E-state index is 0.0370. The van der Waals surface area contributed by atoms with Crippen LogP contribution in [-0.4, -0.2) is 52.7 Å². The first-order valence-corrected chi connectivity index (χ1v) is 7.75. The number of nitrogen functional groups attached to an aromatic ring is 1. The molecule has 8 heteroatoms. The molecule has 2 rings (SSSR count). The molecule has 0 bridgehead atoms. The van der Waals surface area contributed by atoms with Crippen LogP contribution in [-0.2, 0) is 18.3 Å². The van der Waals surface area contributed by atoms with Crippen LogP contribution in [0.5, 0.6) is 0 Å². The normalized spacial score (nSPS) is 16.0. The maximum absolute atomic E-state index is 12.6. The predicted octanol–water partition coefficient (Wildman–Crippen LogP) is -0.700. The third kappa shape index (κ3) is 3.70. The number of ether oxygens (including phenoxy) is 1. The van der Waals surface area contributed by atoms with Crippen molar-refractivity contribution >= 4 is 11.6 Å². The molecule has 1 fully saturated rings. The summed E-state index contributed by atoms with van der Waals surface area (Å²) in [5.74, 6) is -0.234. The third-order valence-corrected chi connectivity index (χ3v) is 3.88. The van der Waals surface area contributed by atoms with Crippen LogP contribution in [0.25, 0.3) is 0 Å². The molecule has 2 N–H and O–H groups in total. The van der Waals surface area contributed by atoms with Crippen molar-refractivity contribution in [1.29, 1.82) is 0 Å². The fourth-order valence-electron chi connectivity index (χ4n) is 2.63. The van der Waals surface area contributed by atoms with Gasteiger partial charge in [-0.15, -0.1) is 0 Å². The number of carbonyl (C=O) groups is 1. The molecule has 8 nitrogen and oxygen atoms in total. The van der Waals surface area contributed by atoms with Gasteiger partial charge in [0.05, 0.1) is 19.8 Å². The quantitative estimate of drug-likeness (QED) is 0.719. The predicted molar refractivity (Wildman–Crippen MR) is 86.8 cm³/mol. The van der Waals surface area contributed by atoms with E-state index in [1.807, 2.05) is 18.7 Å². The molecule has 1 saturated heterocycles. The Bertz CT molecular complexity index is 699. The number of anilines is 1. The summed E-state index contributed by atoms with van der Waals surface area (Å²) in [6.45, 7) is 6.73. The largest absolute Gasteiger partial charge is 0.384 e. The number of aromatic nitrogens is 2. The lowest BCUT2D eigenvalue weighted by Gasteiger charge is -2.26. The summed E-state index contributed by atoms with van der Waals surface area (Å²) in [7, 11) is 1.37. The van der Waals surface area contributed by atoms with E-state index in [0.717, 1.165) is 4.57 Å². The lowest BCUT2D eigenvalue weighted by atomic mass is 10.1. The van der Waals surface area contributed by atoms with Crippen LogP contribution >= 0.6 is 0 Å². The van der Waals surface area contributed by atoms with Crippen molar-refractivity contribution in [2.75, 3.05) is 38.6 Å². The molecular weight excluding hydrogens is 300 g/mol. The number of morpholine rings is 1. The summed E-state index contributed by atoms with van der Waals surface area (Å²) >= 11 is 0. The number of nitrogens with two attached hydrogens (primary N) is 1. The molecular formula is C15H24N4O4. The van der Waals surface area contributed by atoms with Gasteiger partial charge in [0, 0.05) is 26.7 Å². The second-order valence-corrected chi connectivity index (χ2v) is 6.22. The first-order valence-electron chi connectivity index (χ1n) is 7.75. The summed E-state index contributed by atoms with van der Waals surface area (Å²) in [6.07, 6.45) is 0. The molecule has 0 atom stereocenters. The van der Waals surface area contributed by atoms with Crippen LogP contribution in [0.15, 0.2) is 9.59 Å². The standard InChI is InChI=1S/C15H24N4O4/c1-10(2)8-19-13(16)12(14(21)17(3)15(19)22)11(20)9-18-4-6-23-7-5-18/h10H,4-9,16H2,1-3H3. The van der Waals surface area contributed by atoms with Crippen LogP contribution in [0.2, 0.25) is 0 Å². The zero-order chi connectivity index (χ0) is 17.1. The molecule has 128 valence electrons. The lowest BCUT2D eigenvalue weighted by Crippen LogP contribution is -2.45. The van der Waals surface area contributed by atoms with E-state index in [4.69, 9.17) is 10.5 Å². The Balaban J connectivity index is 2.40. The van der Waals surface area contributed by atoms with E-state index in [1.54, 1.807) is 0 Å². The molecule has 1 aliphatic rings. The van der Waals surface area contributed by atoms with Crippen LogP contribution in [0.1, 0.15) is 24.2 Å². The van der Waals surface area contributed by atoms with Gasteiger partial charge >= 0.3 is 5.69 Å². The average Bonchev–Trinajstić information content (AvgIpc) is 2.50. The highest BCUT2D eigenvalue weighted by Crippen LogP contribution is 2.10. The van der Waals surface area contributed by atoms with Gasteiger partial charge in [0.1, 0.15) is 11.4 Å². The number of Topliss-reactive ketones (excluding diaryl/α,β-unsaturated/α-hetero) is 1. The van der Waals surface area contributed by atoms with Gasteiger partial charge in [-0.1, -0.05) is 13.8 Å². The Morgan fingerprint density at radius 1 is 1.26 bits per heavy atom. The maximum atomic E-state index is 12.6. The zero-order valence-electron chi connectivity index (χ0n) is 13.9. The highest BCUT2D eigenvalue weighted by Gasteiger charge is 2.24.